The average Bonchev–Trinajstić information content (AvgIpc) is 2.38. The van der Waals surface area contributed by atoms with Crippen LogP contribution in [0.4, 0.5) is 20.2 Å². The number of benzene rings is 1. The molecule has 0 radical (unpaired) electrons. The van der Waals surface area contributed by atoms with E-state index in [9.17, 15) is 18.9 Å². The molecule has 3 atom stereocenters. The maximum absolute atomic E-state index is 13.9. The highest BCUT2D eigenvalue weighted by atomic mass is 19.1. The van der Waals surface area contributed by atoms with Crippen LogP contribution in [0.1, 0.15) is 20.3 Å². The second kappa shape index (κ2) is 5.93. The number of halogens is 2. The maximum Gasteiger partial charge on any atom is 0.298 e. The molecule has 1 fully saturated rings. The van der Waals surface area contributed by atoms with Crippen molar-refractivity contribution in [3.8, 4) is 0 Å². The topological polar surface area (TPSA) is 58.4 Å². The molecular formula is C14H19F2N3O2. The summed E-state index contributed by atoms with van der Waals surface area (Å²) in [5.41, 5.74) is -0.790. The molecule has 116 valence electrons. The highest BCUT2D eigenvalue weighted by Crippen LogP contribution is 2.32. The predicted molar refractivity (Wildman–Crippen MR) is 76.3 cm³/mol. The molecule has 1 aliphatic rings. The Morgan fingerprint density at radius 2 is 2.05 bits per heavy atom. The number of nitrogens with zero attached hydrogens (tertiary/aromatic N) is 2. The molecule has 0 saturated carbocycles. The molecule has 0 aromatic heterocycles. The second-order valence-corrected chi connectivity index (χ2v) is 5.79. The van der Waals surface area contributed by atoms with E-state index in [0.29, 0.717) is 12.1 Å². The zero-order chi connectivity index (χ0) is 15.7. The summed E-state index contributed by atoms with van der Waals surface area (Å²) in [4.78, 5) is 12.4. The molecule has 1 aromatic carbocycles. The summed E-state index contributed by atoms with van der Waals surface area (Å²) in [5.74, 6) is -1.68. The van der Waals surface area contributed by atoms with Gasteiger partial charge >= 0.3 is 0 Å². The van der Waals surface area contributed by atoms with Crippen LogP contribution >= 0.6 is 0 Å². The first-order chi connectivity index (χ1) is 9.79. The Morgan fingerprint density at radius 1 is 1.38 bits per heavy atom. The van der Waals surface area contributed by atoms with E-state index in [1.807, 2.05) is 14.0 Å². The van der Waals surface area contributed by atoms with Gasteiger partial charge in [-0.2, -0.15) is 0 Å². The van der Waals surface area contributed by atoms with Gasteiger partial charge in [-0.25, -0.2) is 8.78 Å². The van der Waals surface area contributed by atoms with Gasteiger partial charge in [0, 0.05) is 24.7 Å². The highest BCUT2D eigenvalue weighted by molar-refractivity contribution is 5.63. The van der Waals surface area contributed by atoms with Gasteiger partial charge in [0.1, 0.15) is 11.5 Å². The molecule has 7 heteroatoms. The van der Waals surface area contributed by atoms with Gasteiger partial charge in [-0.05, 0) is 26.3 Å². The number of nitro benzene ring substituents is 1. The van der Waals surface area contributed by atoms with Crippen LogP contribution in [0.25, 0.3) is 0 Å². The number of rotatable bonds is 3. The molecule has 0 bridgehead atoms. The lowest BCUT2D eigenvalue weighted by molar-refractivity contribution is -0.384. The van der Waals surface area contributed by atoms with E-state index in [1.165, 1.54) is 0 Å². The van der Waals surface area contributed by atoms with Crippen molar-refractivity contribution in [2.45, 2.75) is 32.4 Å². The molecule has 1 heterocycles. The normalized spacial score (nSPS) is 26.6. The molecule has 1 aromatic rings. The lowest BCUT2D eigenvalue weighted by Crippen LogP contribution is -2.48. The molecule has 2 rings (SSSR count). The number of likely N-dealkylation sites (tertiary alicyclic amines) is 1. The molecule has 21 heavy (non-hydrogen) atoms. The summed E-state index contributed by atoms with van der Waals surface area (Å²) in [5, 5.41) is 13.9. The highest BCUT2D eigenvalue weighted by Gasteiger charge is 2.31. The van der Waals surface area contributed by atoms with Crippen LogP contribution in [-0.2, 0) is 0 Å². The van der Waals surface area contributed by atoms with Gasteiger partial charge in [0.2, 0.25) is 0 Å². The van der Waals surface area contributed by atoms with Gasteiger partial charge < -0.3 is 10.2 Å². The number of nitro groups is 1. The van der Waals surface area contributed by atoms with Crippen LogP contribution in [0.3, 0.4) is 0 Å². The summed E-state index contributed by atoms with van der Waals surface area (Å²) >= 11 is 0. The molecule has 1 saturated heterocycles. The number of anilines is 1. The molecule has 0 spiro atoms. The zero-order valence-electron chi connectivity index (χ0n) is 12.3. The summed E-state index contributed by atoms with van der Waals surface area (Å²) in [6.07, 6.45) is 0.742. The van der Waals surface area contributed by atoms with E-state index >= 15 is 0 Å². The van der Waals surface area contributed by atoms with Crippen molar-refractivity contribution < 1.29 is 13.7 Å². The van der Waals surface area contributed by atoms with Crippen LogP contribution in [0, 0.1) is 27.7 Å². The molecular weight excluding hydrogens is 280 g/mol. The van der Waals surface area contributed by atoms with Crippen molar-refractivity contribution in [3.05, 3.63) is 33.9 Å². The Morgan fingerprint density at radius 3 is 2.67 bits per heavy atom. The summed E-state index contributed by atoms with van der Waals surface area (Å²) in [6.45, 7) is 4.87. The van der Waals surface area contributed by atoms with Gasteiger partial charge in [-0.1, -0.05) is 6.92 Å². The number of hydrogen-bond donors (Lipinski definition) is 1. The Labute approximate surface area is 122 Å². The monoisotopic (exact) mass is 299 g/mol. The maximum atomic E-state index is 13.9. The molecule has 1 aliphatic heterocycles. The van der Waals surface area contributed by atoms with Gasteiger partial charge in [0.25, 0.3) is 5.69 Å². The van der Waals surface area contributed by atoms with Gasteiger partial charge in [-0.3, -0.25) is 10.1 Å². The van der Waals surface area contributed by atoms with Gasteiger partial charge in [-0.15, -0.1) is 0 Å². The third kappa shape index (κ3) is 3.29. The first-order valence-electron chi connectivity index (χ1n) is 6.89. The first-order valence-corrected chi connectivity index (χ1v) is 6.89. The minimum Gasteiger partial charge on any atom is -0.374 e. The summed E-state index contributed by atoms with van der Waals surface area (Å²) in [6, 6.07) is 1.61. The van der Waals surface area contributed by atoms with Gasteiger partial charge in [0.05, 0.1) is 11.0 Å². The summed E-state index contributed by atoms with van der Waals surface area (Å²) in [7, 11) is 2.01. The van der Waals surface area contributed by atoms with E-state index in [2.05, 4.69) is 17.1 Å². The fourth-order valence-corrected chi connectivity index (χ4v) is 2.77. The Kier molecular flexibility index (Phi) is 4.41. The van der Waals surface area contributed by atoms with Crippen LogP contribution in [0.15, 0.2) is 12.1 Å². The molecule has 0 aliphatic carbocycles. The van der Waals surface area contributed by atoms with E-state index in [0.717, 1.165) is 19.0 Å². The molecule has 3 unspecified atom stereocenters. The Balaban J connectivity index is 2.29. The zero-order valence-corrected chi connectivity index (χ0v) is 12.3. The fourth-order valence-electron chi connectivity index (χ4n) is 2.77. The lowest BCUT2D eigenvalue weighted by Gasteiger charge is -2.40. The van der Waals surface area contributed by atoms with Crippen LogP contribution in [-0.4, -0.2) is 35.5 Å². The van der Waals surface area contributed by atoms with E-state index in [4.69, 9.17) is 0 Å². The van der Waals surface area contributed by atoms with E-state index in [-0.39, 0.29) is 17.6 Å². The average molecular weight is 299 g/mol. The van der Waals surface area contributed by atoms with E-state index < -0.39 is 22.2 Å². The van der Waals surface area contributed by atoms with Crippen molar-refractivity contribution in [2.75, 3.05) is 18.9 Å². The minimum absolute atomic E-state index is 0.0881. The molecule has 0 amide bonds. The smallest absolute Gasteiger partial charge is 0.298 e. The van der Waals surface area contributed by atoms with Crippen LogP contribution < -0.4 is 5.32 Å². The van der Waals surface area contributed by atoms with Crippen LogP contribution in [0.2, 0.25) is 0 Å². The molecule has 5 nitrogen and oxygen atoms in total. The third-order valence-electron chi connectivity index (χ3n) is 4.17. The standard InChI is InChI=1S/C14H19F2N3O2/c1-8-7-18(3)9(2)4-12(8)17-14-11(16)5-10(15)6-13(14)19(20)21/h5-6,8-9,12,17H,4,7H2,1-3H3. The number of hydrogen-bond acceptors (Lipinski definition) is 4. The van der Waals surface area contributed by atoms with Gasteiger partial charge in [0.15, 0.2) is 5.82 Å². The third-order valence-corrected chi connectivity index (χ3v) is 4.17. The quantitative estimate of drug-likeness (QED) is 0.688. The lowest BCUT2D eigenvalue weighted by atomic mass is 9.89. The van der Waals surface area contributed by atoms with Crippen molar-refractivity contribution >= 4 is 11.4 Å². The minimum atomic E-state index is -0.949. The van der Waals surface area contributed by atoms with Crippen LogP contribution in [0.5, 0.6) is 0 Å². The van der Waals surface area contributed by atoms with Crippen molar-refractivity contribution in [1.29, 1.82) is 0 Å². The Hall–Kier alpha value is -1.76. The van der Waals surface area contributed by atoms with Crippen molar-refractivity contribution in [2.24, 2.45) is 5.92 Å². The van der Waals surface area contributed by atoms with E-state index in [1.54, 1.807) is 0 Å². The summed E-state index contributed by atoms with van der Waals surface area (Å²) < 4.78 is 27.1. The molecule has 1 N–H and O–H groups in total. The predicted octanol–water partition coefficient (Wildman–Crippen LogP) is 3.01. The fraction of sp³-hybridized carbons (Fsp3) is 0.571. The largest absolute Gasteiger partial charge is 0.374 e. The van der Waals surface area contributed by atoms with Crippen molar-refractivity contribution in [1.82, 2.24) is 4.90 Å². The second-order valence-electron chi connectivity index (χ2n) is 5.79. The number of piperidine rings is 1. The first kappa shape index (κ1) is 15.6. The Bertz CT molecular complexity index is 553. The SMILES string of the molecule is CC1CN(C)C(C)CC1Nc1c(F)cc(F)cc1[N+](=O)[O-]. The van der Waals surface area contributed by atoms with Crippen molar-refractivity contribution in [3.63, 3.8) is 0 Å². The number of nitrogens with one attached hydrogen (secondary N) is 1.